The molecule has 1 heterocycles. The van der Waals surface area contributed by atoms with Gasteiger partial charge in [-0.1, -0.05) is 51.0 Å². The van der Waals surface area contributed by atoms with Crippen LogP contribution in [0, 0.1) is 39.9 Å². The number of Topliss-reactive ketones (excluding diaryl/α,β-unsaturated/α-hetero) is 1. The second-order valence-electron chi connectivity index (χ2n) is 13.8. The van der Waals surface area contributed by atoms with Gasteiger partial charge in [0.1, 0.15) is 17.0 Å². The molecule has 1 saturated heterocycles. The molecule has 3 heteroatoms. The summed E-state index contributed by atoms with van der Waals surface area (Å²) < 4.78 is 6.66. The molecule has 1 unspecified atom stereocenters. The number of allylic oxidation sites excluding steroid dienone is 5. The molecule has 1 spiro atoms. The van der Waals surface area contributed by atoms with E-state index in [1.807, 2.05) is 0 Å². The molecule has 6 rings (SSSR count). The van der Waals surface area contributed by atoms with E-state index in [0.29, 0.717) is 17.5 Å². The fraction of sp³-hybridized carbons (Fsp3) is 0.767. The lowest BCUT2D eigenvalue weighted by molar-refractivity contribution is -0.174. The monoisotopic (exact) mass is 450 g/mol. The minimum atomic E-state index is -1.07. The van der Waals surface area contributed by atoms with Gasteiger partial charge in [-0.3, -0.25) is 4.79 Å². The van der Waals surface area contributed by atoms with Crippen LogP contribution < -0.4 is 0 Å². The highest BCUT2D eigenvalue weighted by Gasteiger charge is 2.83. The zero-order valence-corrected chi connectivity index (χ0v) is 21.7. The molecule has 6 aliphatic rings. The number of ether oxygens (including phenoxy) is 1. The Morgan fingerprint density at radius 3 is 2.52 bits per heavy atom. The second kappa shape index (κ2) is 6.25. The van der Waals surface area contributed by atoms with Crippen LogP contribution in [0.15, 0.2) is 34.6 Å². The minimum absolute atomic E-state index is 0.0152. The number of carbonyl (C=O) groups is 1. The minimum Gasteiger partial charge on any atom is -0.488 e. The molecule has 2 saturated carbocycles. The SMILES string of the molecule is CC1=CC[C@]23CCC4C(=CCCC4(C)C)C[C@]24[C@@H]1C[C@H]1C(C)(C)OC(=C(C(C)C)C3=O)[C@@]14O. The van der Waals surface area contributed by atoms with Crippen LogP contribution in [0.3, 0.4) is 0 Å². The molecule has 0 aromatic carbocycles. The largest absolute Gasteiger partial charge is 0.488 e. The van der Waals surface area contributed by atoms with E-state index in [9.17, 15) is 9.90 Å². The van der Waals surface area contributed by atoms with Gasteiger partial charge in [0.15, 0.2) is 5.78 Å². The highest BCUT2D eigenvalue weighted by molar-refractivity contribution is 6.04. The molecule has 1 N–H and O–H groups in total. The van der Waals surface area contributed by atoms with Crippen molar-refractivity contribution in [1.82, 2.24) is 0 Å². The third kappa shape index (κ3) is 2.25. The first-order valence-corrected chi connectivity index (χ1v) is 13.4. The topological polar surface area (TPSA) is 46.5 Å². The predicted molar refractivity (Wildman–Crippen MR) is 130 cm³/mol. The number of fused-ring (bicyclic) bond motifs is 1. The zero-order valence-electron chi connectivity index (χ0n) is 21.7. The number of ketones is 1. The lowest BCUT2D eigenvalue weighted by Gasteiger charge is -2.61. The van der Waals surface area contributed by atoms with Crippen molar-refractivity contribution in [2.75, 3.05) is 0 Å². The van der Waals surface area contributed by atoms with E-state index in [2.05, 4.69) is 60.6 Å². The molecule has 6 atom stereocenters. The first-order valence-electron chi connectivity index (χ1n) is 13.4. The molecule has 180 valence electrons. The number of hydrogen-bond acceptors (Lipinski definition) is 3. The summed E-state index contributed by atoms with van der Waals surface area (Å²) in [5, 5.41) is 13.1. The fourth-order valence-electron chi connectivity index (χ4n) is 9.91. The summed E-state index contributed by atoms with van der Waals surface area (Å²) in [6.45, 7) is 15.6. The van der Waals surface area contributed by atoms with Crippen molar-refractivity contribution in [3.05, 3.63) is 34.6 Å². The first-order chi connectivity index (χ1) is 15.3. The molecule has 0 aromatic heterocycles. The Kier molecular flexibility index (Phi) is 4.19. The Hall–Kier alpha value is -1.35. The Labute approximate surface area is 199 Å². The number of aliphatic hydroxyl groups is 1. The van der Waals surface area contributed by atoms with Gasteiger partial charge in [-0.25, -0.2) is 0 Å². The number of rotatable bonds is 1. The van der Waals surface area contributed by atoms with Gasteiger partial charge in [-0.2, -0.15) is 0 Å². The van der Waals surface area contributed by atoms with E-state index in [0.717, 1.165) is 44.1 Å². The van der Waals surface area contributed by atoms with Crippen molar-refractivity contribution in [1.29, 1.82) is 0 Å². The van der Waals surface area contributed by atoms with E-state index < -0.39 is 22.0 Å². The van der Waals surface area contributed by atoms with E-state index in [1.165, 1.54) is 17.6 Å². The summed E-state index contributed by atoms with van der Waals surface area (Å²) in [5.41, 5.74) is 1.38. The molecule has 1 aliphatic heterocycles. The third-order valence-corrected chi connectivity index (χ3v) is 11.4. The van der Waals surface area contributed by atoms with Gasteiger partial charge in [0.05, 0.1) is 0 Å². The van der Waals surface area contributed by atoms with Crippen molar-refractivity contribution in [3.8, 4) is 0 Å². The van der Waals surface area contributed by atoms with Gasteiger partial charge in [0.25, 0.3) is 0 Å². The van der Waals surface area contributed by atoms with E-state index >= 15 is 0 Å². The summed E-state index contributed by atoms with van der Waals surface area (Å²) in [6.07, 6.45) is 11.7. The van der Waals surface area contributed by atoms with Crippen LogP contribution in [-0.4, -0.2) is 22.1 Å². The Morgan fingerprint density at radius 1 is 1.09 bits per heavy atom. The van der Waals surface area contributed by atoms with Crippen molar-refractivity contribution < 1.29 is 14.6 Å². The average molecular weight is 451 g/mol. The zero-order chi connectivity index (χ0) is 23.8. The highest BCUT2D eigenvalue weighted by Crippen LogP contribution is 2.80. The summed E-state index contributed by atoms with van der Waals surface area (Å²) >= 11 is 0. The van der Waals surface area contributed by atoms with Gasteiger partial charge < -0.3 is 9.84 Å². The second-order valence-corrected chi connectivity index (χ2v) is 13.8. The van der Waals surface area contributed by atoms with Crippen LogP contribution in [0.4, 0.5) is 0 Å². The van der Waals surface area contributed by atoms with Crippen LogP contribution in [0.25, 0.3) is 0 Å². The molecule has 0 radical (unpaired) electrons. The van der Waals surface area contributed by atoms with Gasteiger partial charge >= 0.3 is 0 Å². The smallest absolute Gasteiger partial charge is 0.169 e. The maximum absolute atomic E-state index is 14.7. The standard InChI is InChI=1S/C30H42O3/c1-17(2)23-24(31)28-13-10-18(3)21-15-22-27(6,7)33-25(23)30(22,32)29(21,28)16-19-9-8-12-26(4,5)20(19)11-14-28/h9-10,17,20-22,32H,8,11-16H2,1-7H3/t20?,21-,22+,28-,29+,30+/m1/s1. The Morgan fingerprint density at radius 2 is 1.82 bits per heavy atom. The molecule has 3 fully saturated rings. The first kappa shape index (κ1) is 22.1. The molecule has 5 aliphatic carbocycles. The summed E-state index contributed by atoms with van der Waals surface area (Å²) in [7, 11) is 0. The van der Waals surface area contributed by atoms with Gasteiger partial charge in [0, 0.05) is 22.3 Å². The van der Waals surface area contributed by atoms with E-state index in [4.69, 9.17) is 4.74 Å². The quantitative estimate of drug-likeness (QED) is 0.462. The van der Waals surface area contributed by atoms with Crippen LogP contribution in [0.5, 0.6) is 0 Å². The number of carbonyl (C=O) groups excluding carboxylic acids is 1. The molecule has 0 aromatic rings. The maximum Gasteiger partial charge on any atom is 0.169 e. The molecular formula is C30H42O3. The van der Waals surface area contributed by atoms with Crippen molar-refractivity contribution in [3.63, 3.8) is 0 Å². The van der Waals surface area contributed by atoms with Gasteiger partial charge in [-0.15, -0.1) is 0 Å². The van der Waals surface area contributed by atoms with Crippen LogP contribution in [0.2, 0.25) is 0 Å². The molecule has 3 nitrogen and oxygen atoms in total. The predicted octanol–water partition coefficient (Wildman–Crippen LogP) is 6.52. The fourth-order valence-corrected chi connectivity index (χ4v) is 9.91. The van der Waals surface area contributed by atoms with Gasteiger partial charge in [0.2, 0.25) is 0 Å². The summed E-state index contributed by atoms with van der Waals surface area (Å²) in [6, 6.07) is 0. The van der Waals surface area contributed by atoms with Crippen LogP contribution in [-0.2, 0) is 9.53 Å². The van der Waals surface area contributed by atoms with Crippen molar-refractivity contribution in [2.24, 2.45) is 39.9 Å². The van der Waals surface area contributed by atoms with E-state index in [-0.39, 0.29) is 23.2 Å². The van der Waals surface area contributed by atoms with E-state index in [1.54, 1.807) is 0 Å². The highest BCUT2D eigenvalue weighted by atomic mass is 16.5. The average Bonchev–Trinajstić information content (AvgIpc) is 3.01. The molecule has 0 bridgehead atoms. The van der Waals surface area contributed by atoms with Crippen LogP contribution in [0.1, 0.15) is 93.4 Å². The molecular weight excluding hydrogens is 408 g/mol. The summed E-state index contributed by atoms with van der Waals surface area (Å²) in [5.74, 6) is 1.74. The molecule has 0 amide bonds. The Bertz CT molecular complexity index is 1040. The normalized spacial score (nSPS) is 46.7. The lowest BCUT2D eigenvalue weighted by Crippen LogP contribution is -2.66. The lowest BCUT2D eigenvalue weighted by atomic mass is 9.41. The van der Waals surface area contributed by atoms with Gasteiger partial charge in [-0.05, 0) is 88.9 Å². The van der Waals surface area contributed by atoms with Crippen molar-refractivity contribution in [2.45, 2.75) is 105 Å². The van der Waals surface area contributed by atoms with Crippen molar-refractivity contribution >= 4 is 5.78 Å². The summed E-state index contributed by atoms with van der Waals surface area (Å²) in [4.78, 5) is 14.7. The van der Waals surface area contributed by atoms with Crippen LogP contribution >= 0.6 is 0 Å². The Balaban J connectivity index is 1.69. The number of hydrogen-bond donors (Lipinski definition) is 1. The molecule has 33 heavy (non-hydrogen) atoms. The third-order valence-electron chi connectivity index (χ3n) is 11.4. The maximum atomic E-state index is 14.7.